The highest BCUT2D eigenvalue weighted by atomic mass is 35.5. The lowest BCUT2D eigenvalue weighted by Crippen LogP contribution is -1.93. The Hall–Kier alpha value is -2.07. The maximum absolute atomic E-state index is 5.97. The van der Waals surface area contributed by atoms with Crippen LogP contribution in [0.3, 0.4) is 0 Å². The van der Waals surface area contributed by atoms with Crippen molar-refractivity contribution in [3.8, 4) is 0 Å². The summed E-state index contributed by atoms with van der Waals surface area (Å²) in [5.74, 6) is 0.917. The molecule has 0 aliphatic heterocycles. The number of aromatic amines is 1. The number of aryl methyl sites for hydroxylation is 2. The zero-order valence-electron chi connectivity index (χ0n) is 10.2. The number of H-pyrrole nitrogens is 1. The van der Waals surface area contributed by atoms with Gasteiger partial charge in [0.1, 0.15) is 11.3 Å². The maximum atomic E-state index is 5.97. The van der Waals surface area contributed by atoms with Gasteiger partial charge in [-0.1, -0.05) is 11.6 Å². The average Bonchev–Trinajstić information content (AvgIpc) is 2.81. The second kappa shape index (κ2) is 4.90. The van der Waals surface area contributed by atoms with E-state index in [1.807, 2.05) is 18.2 Å². The summed E-state index contributed by atoms with van der Waals surface area (Å²) in [6, 6.07) is 7.58. The SMILES string of the molecule is Nc1cc(Cl)cc2[nH]c(CCc3ccncc3)nc12. The molecule has 0 radical (unpaired) electrons. The molecule has 0 aliphatic rings. The van der Waals surface area contributed by atoms with Gasteiger partial charge in [-0.05, 0) is 36.2 Å². The molecule has 0 saturated heterocycles. The molecule has 0 atom stereocenters. The number of hydrogen-bond donors (Lipinski definition) is 2. The van der Waals surface area contributed by atoms with E-state index < -0.39 is 0 Å². The van der Waals surface area contributed by atoms with Crippen LogP contribution in [0.1, 0.15) is 11.4 Å². The third-order valence-electron chi connectivity index (χ3n) is 3.03. The Labute approximate surface area is 115 Å². The van der Waals surface area contributed by atoms with Crippen LogP contribution in [-0.4, -0.2) is 15.0 Å². The summed E-state index contributed by atoms with van der Waals surface area (Å²) in [6.45, 7) is 0. The van der Waals surface area contributed by atoms with Crippen molar-refractivity contribution < 1.29 is 0 Å². The monoisotopic (exact) mass is 272 g/mol. The second-order valence-electron chi connectivity index (χ2n) is 4.43. The summed E-state index contributed by atoms with van der Waals surface area (Å²) in [4.78, 5) is 11.8. The van der Waals surface area contributed by atoms with Gasteiger partial charge in [-0.2, -0.15) is 0 Å². The first-order valence-corrected chi connectivity index (χ1v) is 6.43. The van der Waals surface area contributed by atoms with E-state index in [0.717, 1.165) is 29.7 Å². The summed E-state index contributed by atoms with van der Waals surface area (Å²) in [6.07, 6.45) is 5.34. The lowest BCUT2D eigenvalue weighted by Gasteiger charge is -1.97. The minimum absolute atomic E-state index is 0.605. The smallest absolute Gasteiger partial charge is 0.112 e. The van der Waals surface area contributed by atoms with Crippen molar-refractivity contribution in [1.82, 2.24) is 15.0 Å². The molecule has 0 spiro atoms. The van der Waals surface area contributed by atoms with E-state index in [1.165, 1.54) is 5.56 Å². The van der Waals surface area contributed by atoms with Gasteiger partial charge in [0.25, 0.3) is 0 Å². The minimum atomic E-state index is 0.605. The maximum Gasteiger partial charge on any atom is 0.112 e. The van der Waals surface area contributed by atoms with E-state index in [4.69, 9.17) is 17.3 Å². The zero-order valence-corrected chi connectivity index (χ0v) is 11.0. The molecule has 19 heavy (non-hydrogen) atoms. The molecule has 0 saturated carbocycles. The summed E-state index contributed by atoms with van der Waals surface area (Å²) < 4.78 is 0. The van der Waals surface area contributed by atoms with Crippen LogP contribution in [0.15, 0.2) is 36.7 Å². The fourth-order valence-electron chi connectivity index (χ4n) is 2.09. The van der Waals surface area contributed by atoms with Crippen LogP contribution in [0.25, 0.3) is 11.0 Å². The van der Waals surface area contributed by atoms with Gasteiger partial charge >= 0.3 is 0 Å². The molecule has 0 bridgehead atoms. The number of hydrogen-bond acceptors (Lipinski definition) is 3. The van der Waals surface area contributed by atoms with Crippen LogP contribution in [0.2, 0.25) is 5.02 Å². The van der Waals surface area contributed by atoms with Gasteiger partial charge in [0.2, 0.25) is 0 Å². The van der Waals surface area contributed by atoms with Crippen molar-refractivity contribution in [2.45, 2.75) is 12.8 Å². The predicted molar refractivity (Wildman–Crippen MR) is 77.2 cm³/mol. The Balaban J connectivity index is 1.84. The lowest BCUT2D eigenvalue weighted by atomic mass is 10.1. The number of nitrogens with zero attached hydrogens (tertiary/aromatic N) is 2. The van der Waals surface area contributed by atoms with Crippen LogP contribution < -0.4 is 5.73 Å². The fourth-order valence-corrected chi connectivity index (χ4v) is 2.32. The van der Waals surface area contributed by atoms with Crippen molar-refractivity contribution in [1.29, 1.82) is 0 Å². The number of aromatic nitrogens is 3. The Bertz CT molecular complexity index is 706. The van der Waals surface area contributed by atoms with Crippen molar-refractivity contribution in [2.24, 2.45) is 0 Å². The number of anilines is 1. The molecular formula is C14H13ClN4. The first-order chi connectivity index (χ1) is 9.22. The lowest BCUT2D eigenvalue weighted by molar-refractivity contribution is 0.888. The fraction of sp³-hybridized carbons (Fsp3) is 0.143. The first kappa shape index (κ1) is 12.0. The van der Waals surface area contributed by atoms with E-state index in [1.54, 1.807) is 18.5 Å². The van der Waals surface area contributed by atoms with E-state index >= 15 is 0 Å². The van der Waals surface area contributed by atoms with Gasteiger partial charge in [0, 0.05) is 23.8 Å². The molecule has 0 fully saturated rings. The van der Waals surface area contributed by atoms with Gasteiger partial charge in [-0.3, -0.25) is 4.98 Å². The van der Waals surface area contributed by atoms with Crippen LogP contribution in [0.4, 0.5) is 5.69 Å². The number of nitrogens with one attached hydrogen (secondary N) is 1. The molecule has 0 unspecified atom stereocenters. The zero-order chi connectivity index (χ0) is 13.2. The second-order valence-corrected chi connectivity index (χ2v) is 4.87. The molecule has 96 valence electrons. The Morgan fingerprint density at radius 1 is 1.16 bits per heavy atom. The number of pyridine rings is 1. The van der Waals surface area contributed by atoms with Gasteiger partial charge in [0.05, 0.1) is 11.2 Å². The van der Waals surface area contributed by atoms with Crippen LogP contribution in [-0.2, 0) is 12.8 Å². The molecule has 3 rings (SSSR count). The number of imidazole rings is 1. The number of benzene rings is 1. The van der Waals surface area contributed by atoms with Crippen LogP contribution in [0.5, 0.6) is 0 Å². The Kier molecular flexibility index (Phi) is 3.09. The van der Waals surface area contributed by atoms with Crippen LogP contribution in [0, 0.1) is 0 Å². The standard InChI is InChI=1S/C14H13ClN4/c15-10-7-11(16)14-12(8-10)18-13(19-14)2-1-9-3-5-17-6-4-9/h3-8H,1-2,16H2,(H,18,19). The number of rotatable bonds is 3. The topological polar surface area (TPSA) is 67.6 Å². The molecule has 3 aromatic rings. The van der Waals surface area contributed by atoms with Gasteiger partial charge in [-0.25, -0.2) is 4.98 Å². The third-order valence-corrected chi connectivity index (χ3v) is 3.25. The van der Waals surface area contributed by atoms with Gasteiger partial charge in [-0.15, -0.1) is 0 Å². The molecule has 0 amide bonds. The molecule has 4 nitrogen and oxygen atoms in total. The molecule has 1 aromatic carbocycles. The van der Waals surface area contributed by atoms with Crippen LogP contribution >= 0.6 is 11.6 Å². The summed E-state index contributed by atoms with van der Waals surface area (Å²) in [7, 11) is 0. The summed E-state index contributed by atoms with van der Waals surface area (Å²) in [5.41, 5.74) is 9.42. The highest BCUT2D eigenvalue weighted by molar-refractivity contribution is 6.31. The Morgan fingerprint density at radius 3 is 2.74 bits per heavy atom. The average molecular weight is 273 g/mol. The van der Waals surface area contributed by atoms with Crippen molar-refractivity contribution in [3.63, 3.8) is 0 Å². The predicted octanol–water partition coefficient (Wildman–Crippen LogP) is 2.98. The molecule has 3 N–H and O–H groups in total. The van der Waals surface area contributed by atoms with E-state index in [-0.39, 0.29) is 0 Å². The summed E-state index contributed by atoms with van der Waals surface area (Å²) in [5, 5.41) is 0.620. The quantitative estimate of drug-likeness (QED) is 0.720. The number of halogens is 1. The number of nitrogens with two attached hydrogens (primary N) is 1. The molecule has 2 heterocycles. The van der Waals surface area contributed by atoms with E-state index in [2.05, 4.69) is 15.0 Å². The highest BCUT2D eigenvalue weighted by Crippen LogP contribution is 2.24. The van der Waals surface area contributed by atoms with Gasteiger partial charge < -0.3 is 10.7 Å². The molecule has 0 aliphatic carbocycles. The number of fused-ring (bicyclic) bond motifs is 1. The largest absolute Gasteiger partial charge is 0.397 e. The Morgan fingerprint density at radius 2 is 1.95 bits per heavy atom. The highest BCUT2D eigenvalue weighted by Gasteiger charge is 2.07. The molecule has 5 heteroatoms. The summed E-state index contributed by atoms with van der Waals surface area (Å²) >= 11 is 5.97. The molecular weight excluding hydrogens is 260 g/mol. The normalized spacial score (nSPS) is 11.0. The van der Waals surface area contributed by atoms with Crippen molar-refractivity contribution in [2.75, 3.05) is 5.73 Å². The number of nitrogen functional groups attached to an aromatic ring is 1. The van der Waals surface area contributed by atoms with E-state index in [0.29, 0.717) is 10.7 Å². The minimum Gasteiger partial charge on any atom is -0.397 e. The van der Waals surface area contributed by atoms with Crippen molar-refractivity contribution >= 4 is 28.3 Å². The first-order valence-electron chi connectivity index (χ1n) is 6.05. The van der Waals surface area contributed by atoms with E-state index in [9.17, 15) is 0 Å². The van der Waals surface area contributed by atoms with Crippen molar-refractivity contribution in [3.05, 3.63) is 53.1 Å². The molecule has 2 aromatic heterocycles. The third kappa shape index (κ3) is 2.53. The van der Waals surface area contributed by atoms with Gasteiger partial charge in [0.15, 0.2) is 0 Å².